The monoisotopic (exact) mass is 625 g/mol. The third kappa shape index (κ3) is 7.99. The molecule has 3 heterocycles. The first-order chi connectivity index (χ1) is 21.0. The van der Waals surface area contributed by atoms with E-state index in [-0.39, 0.29) is 6.61 Å². The van der Waals surface area contributed by atoms with Crippen LogP contribution in [-0.2, 0) is 61.8 Å². The lowest BCUT2D eigenvalue weighted by Gasteiger charge is -2.49. The van der Waals surface area contributed by atoms with Gasteiger partial charge in [0.05, 0.1) is 6.61 Å². The summed E-state index contributed by atoms with van der Waals surface area (Å²) in [6.45, 7) is 3.69. The van der Waals surface area contributed by atoms with Crippen LogP contribution in [0.5, 0.6) is 0 Å². The number of nitrogens with zero attached hydrogens (tertiary/aromatic N) is 3. The van der Waals surface area contributed by atoms with Gasteiger partial charge in [0.1, 0.15) is 37.1 Å². The van der Waals surface area contributed by atoms with Crippen LogP contribution in [-0.4, -0.2) is 98.5 Å². The molecule has 0 N–H and O–H groups in total. The van der Waals surface area contributed by atoms with Gasteiger partial charge < -0.3 is 42.6 Å². The van der Waals surface area contributed by atoms with Gasteiger partial charge in [-0.3, -0.25) is 19.2 Å². The summed E-state index contributed by atoms with van der Waals surface area (Å²) in [5, 5.41) is 3.53. The van der Waals surface area contributed by atoms with Crippen molar-refractivity contribution in [2.45, 2.75) is 95.4 Å². The van der Waals surface area contributed by atoms with Crippen LogP contribution in [0.2, 0.25) is 0 Å². The van der Waals surface area contributed by atoms with Gasteiger partial charge in [-0.1, -0.05) is 35.4 Å². The Bertz CT molecular complexity index is 1250. The fraction of sp³-hybridized carbons (Fsp3) is 0.630. The maximum absolute atomic E-state index is 15.3. The maximum atomic E-state index is 15.3. The largest absolute Gasteiger partial charge is 0.463 e. The number of carbonyl (C=O) groups is 4. The molecule has 0 aromatic heterocycles. The van der Waals surface area contributed by atoms with Gasteiger partial charge in [0.15, 0.2) is 30.9 Å². The fourth-order valence-electron chi connectivity index (χ4n) is 5.12. The molecule has 16 nitrogen and oxygen atoms in total. The minimum atomic E-state index is -2.18. The number of alkyl halides is 1. The Balaban J connectivity index is 1.73. The van der Waals surface area contributed by atoms with E-state index in [4.69, 9.17) is 42.6 Å². The number of carbonyl (C=O) groups excluding carboxylic acids is 4. The minimum absolute atomic E-state index is 0.133. The average molecular weight is 626 g/mol. The normalized spacial score (nSPS) is 34.8. The second-order valence-corrected chi connectivity index (χ2v) is 10.1. The first-order valence-electron chi connectivity index (χ1n) is 13.6. The lowest BCUT2D eigenvalue weighted by molar-refractivity contribution is -0.367. The van der Waals surface area contributed by atoms with Crippen molar-refractivity contribution in [3.8, 4) is 0 Å². The highest BCUT2D eigenvalue weighted by molar-refractivity contribution is 5.68. The molecular weight excluding hydrogens is 593 g/mol. The van der Waals surface area contributed by atoms with Crippen molar-refractivity contribution in [1.29, 1.82) is 0 Å². The summed E-state index contributed by atoms with van der Waals surface area (Å²) < 4.78 is 66.1. The summed E-state index contributed by atoms with van der Waals surface area (Å²) in [5.74, 6) is -3.24. The molecule has 0 unspecified atom stereocenters. The van der Waals surface area contributed by atoms with Crippen molar-refractivity contribution in [1.82, 2.24) is 0 Å². The number of halogens is 1. The van der Waals surface area contributed by atoms with Gasteiger partial charge in [-0.05, 0) is 5.53 Å². The predicted molar refractivity (Wildman–Crippen MR) is 140 cm³/mol. The summed E-state index contributed by atoms with van der Waals surface area (Å²) >= 11 is 0. The molecular formula is C27H32FN3O13. The van der Waals surface area contributed by atoms with E-state index < -0.39 is 98.2 Å². The topological polar surface area (TPSA) is 200 Å². The van der Waals surface area contributed by atoms with E-state index in [9.17, 15) is 24.7 Å². The number of benzene rings is 1. The van der Waals surface area contributed by atoms with Crippen LogP contribution in [0.25, 0.3) is 10.4 Å². The molecule has 17 heteroatoms. The SMILES string of the molecule is CC(=O)OC[C@H]1O[C@@H](O[C@@H]2[C@@H](N=[N+]=[N-])[C@H](F)O[C@@H]3CO[C@H](c4ccccc4)O[C@H]23)[C@H](OC(C)=O)[C@@H](OC(C)=O)[C@H]1OC(C)=O. The van der Waals surface area contributed by atoms with Crippen LogP contribution in [0, 0.1) is 0 Å². The second kappa shape index (κ2) is 14.7. The van der Waals surface area contributed by atoms with Crippen molar-refractivity contribution in [3.05, 3.63) is 46.3 Å². The molecule has 44 heavy (non-hydrogen) atoms. The van der Waals surface area contributed by atoms with Gasteiger partial charge in [0, 0.05) is 38.2 Å². The van der Waals surface area contributed by atoms with Gasteiger partial charge in [-0.15, -0.1) is 0 Å². The third-order valence-electron chi connectivity index (χ3n) is 6.79. The van der Waals surface area contributed by atoms with Crippen molar-refractivity contribution in [2.24, 2.45) is 5.11 Å². The van der Waals surface area contributed by atoms with E-state index in [0.717, 1.165) is 27.7 Å². The molecule has 11 atom stereocenters. The Morgan fingerprint density at radius 3 is 2.14 bits per heavy atom. The molecule has 0 bridgehead atoms. The first kappa shape index (κ1) is 33.0. The number of ether oxygens (including phenoxy) is 9. The first-order valence-corrected chi connectivity index (χ1v) is 13.6. The summed E-state index contributed by atoms with van der Waals surface area (Å²) in [6.07, 6.45) is -14.3. The molecule has 0 amide bonds. The number of rotatable bonds is 9. The van der Waals surface area contributed by atoms with Crippen molar-refractivity contribution in [2.75, 3.05) is 13.2 Å². The summed E-state index contributed by atoms with van der Waals surface area (Å²) in [5.41, 5.74) is 9.87. The van der Waals surface area contributed by atoms with Crippen LogP contribution >= 0.6 is 0 Å². The lowest BCUT2D eigenvalue weighted by Crippen LogP contribution is -2.66. The zero-order valence-corrected chi connectivity index (χ0v) is 24.2. The summed E-state index contributed by atoms with van der Waals surface area (Å²) in [7, 11) is 0. The second-order valence-electron chi connectivity index (χ2n) is 10.1. The molecule has 3 aliphatic rings. The van der Waals surface area contributed by atoms with E-state index in [1.165, 1.54) is 0 Å². The number of hydrogen-bond acceptors (Lipinski definition) is 14. The van der Waals surface area contributed by atoms with Gasteiger partial charge in [0.25, 0.3) is 0 Å². The zero-order chi connectivity index (χ0) is 32.0. The number of fused-ring (bicyclic) bond motifs is 1. The smallest absolute Gasteiger partial charge is 0.303 e. The molecule has 240 valence electrons. The Morgan fingerprint density at radius 1 is 0.886 bits per heavy atom. The highest BCUT2D eigenvalue weighted by Gasteiger charge is 2.57. The average Bonchev–Trinajstić information content (AvgIpc) is 2.96. The zero-order valence-electron chi connectivity index (χ0n) is 24.2. The van der Waals surface area contributed by atoms with Gasteiger partial charge in [-0.2, -0.15) is 0 Å². The van der Waals surface area contributed by atoms with Crippen LogP contribution < -0.4 is 0 Å². The van der Waals surface area contributed by atoms with Crippen LogP contribution in [0.4, 0.5) is 4.39 Å². The molecule has 0 spiro atoms. The number of hydrogen-bond donors (Lipinski definition) is 0. The van der Waals surface area contributed by atoms with Gasteiger partial charge >= 0.3 is 23.9 Å². The van der Waals surface area contributed by atoms with Gasteiger partial charge in [-0.25, -0.2) is 4.39 Å². The van der Waals surface area contributed by atoms with E-state index in [1.807, 2.05) is 0 Å². The number of azide groups is 1. The Morgan fingerprint density at radius 2 is 1.52 bits per heavy atom. The summed E-state index contributed by atoms with van der Waals surface area (Å²) in [6, 6.07) is 7.16. The highest BCUT2D eigenvalue weighted by Crippen LogP contribution is 2.39. The van der Waals surface area contributed by atoms with Crippen molar-refractivity contribution >= 4 is 23.9 Å². The quantitative estimate of drug-likeness (QED) is 0.127. The van der Waals surface area contributed by atoms with Gasteiger partial charge in [0.2, 0.25) is 6.36 Å². The Hall–Kier alpha value is -3.86. The molecule has 0 radical (unpaired) electrons. The van der Waals surface area contributed by atoms with E-state index in [1.54, 1.807) is 30.3 Å². The Labute approximate surface area is 250 Å². The van der Waals surface area contributed by atoms with Crippen molar-refractivity contribution < 1.29 is 66.2 Å². The molecule has 0 saturated carbocycles. The minimum Gasteiger partial charge on any atom is -0.463 e. The van der Waals surface area contributed by atoms with Crippen LogP contribution in [0.1, 0.15) is 39.5 Å². The van der Waals surface area contributed by atoms with Crippen LogP contribution in [0.15, 0.2) is 35.4 Å². The molecule has 1 aromatic rings. The van der Waals surface area contributed by atoms with E-state index in [2.05, 4.69) is 10.0 Å². The predicted octanol–water partition coefficient (Wildman–Crippen LogP) is 1.94. The van der Waals surface area contributed by atoms with Crippen LogP contribution in [0.3, 0.4) is 0 Å². The molecule has 1 aromatic carbocycles. The summed E-state index contributed by atoms with van der Waals surface area (Å²) in [4.78, 5) is 50.8. The van der Waals surface area contributed by atoms with E-state index >= 15 is 4.39 Å². The standard InChI is InChI=1S/C27H32FN3O13/c1-12(32)36-10-18-21(38-13(2)33)23(39-14(3)34)24(40-15(4)35)27(42-18)44-22-19(30-31-29)25(28)41-17-11-37-26(43-20(17)22)16-8-6-5-7-9-16/h5-9,17-27H,10-11H2,1-4H3/t17-,18-,19-,20+,21+,22-,23+,24-,25-,26+,27+/m1/s1. The molecule has 0 aliphatic carbocycles. The Kier molecular flexibility index (Phi) is 11.1. The lowest BCUT2D eigenvalue weighted by atomic mass is 9.95. The fourth-order valence-corrected chi connectivity index (χ4v) is 5.12. The van der Waals surface area contributed by atoms with E-state index in [0.29, 0.717) is 5.56 Å². The highest BCUT2D eigenvalue weighted by atomic mass is 19.1. The maximum Gasteiger partial charge on any atom is 0.303 e. The molecule has 3 fully saturated rings. The molecule has 4 rings (SSSR count). The molecule has 3 saturated heterocycles. The molecule has 3 aliphatic heterocycles. The third-order valence-corrected chi connectivity index (χ3v) is 6.79. The van der Waals surface area contributed by atoms with Crippen molar-refractivity contribution in [3.63, 3.8) is 0 Å². The number of esters is 4.